The minimum Gasteiger partial charge on any atom is -0.309 e. The van der Waals surface area contributed by atoms with Gasteiger partial charge in [-0.25, -0.2) is 0 Å². The zero-order valence-corrected chi connectivity index (χ0v) is 12.6. The molecule has 0 unspecified atom stereocenters. The molecule has 1 rings (SSSR count). The van der Waals surface area contributed by atoms with Crippen LogP contribution in [0.4, 0.5) is 0 Å². The number of rotatable bonds is 4. The third-order valence-corrected chi connectivity index (χ3v) is 4.19. The number of hydrogen-bond acceptors (Lipinski definition) is 2. The van der Waals surface area contributed by atoms with E-state index >= 15 is 0 Å². The largest absolute Gasteiger partial charge is 0.309 e. The molecule has 2 heteroatoms. The molecule has 0 radical (unpaired) electrons. The van der Waals surface area contributed by atoms with Gasteiger partial charge in [0.25, 0.3) is 0 Å². The summed E-state index contributed by atoms with van der Waals surface area (Å²) in [6.45, 7) is 17.0. The second-order valence-corrected chi connectivity index (χ2v) is 6.33. The first kappa shape index (κ1) is 14.7. The number of allylic oxidation sites excluding steroid dienone is 1. The first-order valence-electron chi connectivity index (χ1n) is 6.98. The molecule has 0 aromatic heterocycles. The summed E-state index contributed by atoms with van der Waals surface area (Å²) in [6, 6.07) is 0. The van der Waals surface area contributed by atoms with Crippen molar-refractivity contribution in [1.82, 2.24) is 10.2 Å². The lowest BCUT2D eigenvalue weighted by Crippen LogP contribution is -2.67. The van der Waals surface area contributed by atoms with Crippen LogP contribution in [0.2, 0.25) is 0 Å². The highest BCUT2D eigenvalue weighted by Gasteiger charge is 2.40. The van der Waals surface area contributed by atoms with Gasteiger partial charge in [0.2, 0.25) is 0 Å². The highest BCUT2D eigenvalue weighted by molar-refractivity contribution is 5.05. The molecule has 1 saturated heterocycles. The van der Waals surface area contributed by atoms with Crippen molar-refractivity contribution in [2.45, 2.75) is 65.5 Å². The number of nitrogens with zero attached hydrogens (tertiary/aromatic N) is 1. The Morgan fingerprint density at radius 3 is 2.29 bits per heavy atom. The molecule has 0 amide bonds. The van der Waals surface area contributed by atoms with Gasteiger partial charge in [-0.1, -0.05) is 25.5 Å². The maximum absolute atomic E-state index is 3.71. The van der Waals surface area contributed by atoms with Gasteiger partial charge in [-0.2, -0.15) is 0 Å². The Morgan fingerprint density at radius 2 is 1.82 bits per heavy atom. The number of nitrogens with one attached hydrogen (secondary N) is 1. The molecule has 1 N–H and O–H groups in total. The highest BCUT2D eigenvalue weighted by atomic mass is 15.3. The van der Waals surface area contributed by atoms with Gasteiger partial charge in [0.15, 0.2) is 0 Å². The third kappa shape index (κ3) is 3.56. The fraction of sp³-hybridized carbons (Fsp3) is 0.867. The van der Waals surface area contributed by atoms with Crippen LogP contribution in [0.15, 0.2) is 11.6 Å². The van der Waals surface area contributed by atoms with Gasteiger partial charge in [-0.15, -0.1) is 0 Å². The zero-order valence-electron chi connectivity index (χ0n) is 12.6. The van der Waals surface area contributed by atoms with Crippen LogP contribution in [0.25, 0.3) is 0 Å². The van der Waals surface area contributed by atoms with Crippen LogP contribution in [0.1, 0.15) is 54.4 Å². The Labute approximate surface area is 107 Å². The fourth-order valence-corrected chi connectivity index (χ4v) is 2.71. The summed E-state index contributed by atoms with van der Waals surface area (Å²) >= 11 is 0. The number of hydrogen-bond donors (Lipinski definition) is 1. The van der Waals surface area contributed by atoms with E-state index in [1.165, 1.54) is 18.4 Å². The summed E-state index contributed by atoms with van der Waals surface area (Å²) in [5.74, 6) is 0. The average molecular weight is 238 g/mol. The minimum absolute atomic E-state index is 0.239. The Balaban J connectivity index is 2.85. The van der Waals surface area contributed by atoms with Crippen molar-refractivity contribution in [3.05, 3.63) is 11.6 Å². The predicted octanol–water partition coefficient (Wildman–Crippen LogP) is 3.20. The predicted molar refractivity (Wildman–Crippen MR) is 76.4 cm³/mol. The van der Waals surface area contributed by atoms with E-state index < -0.39 is 0 Å². The van der Waals surface area contributed by atoms with E-state index in [1.807, 2.05) is 0 Å². The molecular weight excluding hydrogens is 208 g/mol. The van der Waals surface area contributed by atoms with Gasteiger partial charge < -0.3 is 5.32 Å². The van der Waals surface area contributed by atoms with Crippen molar-refractivity contribution >= 4 is 0 Å². The highest BCUT2D eigenvalue weighted by Crippen LogP contribution is 2.29. The summed E-state index contributed by atoms with van der Waals surface area (Å²) in [6.07, 6.45) is 4.81. The molecule has 2 nitrogen and oxygen atoms in total. The lowest BCUT2D eigenvalue weighted by Gasteiger charge is -2.52. The van der Waals surface area contributed by atoms with Crippen LogP contribution in [-0.4, -0.2) is 35.6 Å². The van der Waals surface area contributed by atoms with Crippen LogP contribution in [0, 0.1) is 0 Å². The molecule has 1 heterocycles. The Bertz CT molecular complexity index is 271. The monoisotopic (exact) mass is 238 g/mol. The molecule has 0 saturated carbocycles. The standard InChI is InChI=1S/C15H30N2/c1-7-15(8-2)11-16-14(5,6)12-17(15)10-9-13(3)4/h9,16H,7-8,10-12H2,1-6H3. The molecule has 1 aliphatic rings. The van der Waals surface area contributed by atoms with E-state index in [9.17, 15) is 0 Å². The second-order valence-electron chi connectivity index (χ2n) is 6.33. The second kappa shape index (κ2) is 5.53. The molecule has 0 aromatic carbocycles. The van der Waals surface area contributed by atoms with Crippen molar-refractivity contribution < 1.29 is 0 Å². The minimum atomic E-state index is 0.239. The fourth-order valence-electron chi connectivity index (χ4n) is 2.71. The van der Waals surface area contributed by atoms with Crippen LogP contribution < -0.4 is 5.32 Å². The zero-order chi connectivity index (χ0) is 13.1. The summed E-state index contributed by atoms with van der Waals surface area (Å²) < 4.78 is 0. The molecule has 0 aromatic rings. The van der Waals surface area contributed by atoms with E-state index in [4.69, 9.17) is 0 Å². The lowest BCUT2D eigenvalue weighted by atomic mass is 9.84. The summed E-state index contributed by atoms with van der Waals surface area (Å²) in [4.78, 5) is 2.68. The summed E-state index contributed by atoms with van der Waals surface area (Å²) in [5, 5.41) is 3.71. The van der Waals surface area contributed by atoms with E-state index in [-0.39, 0.29) is 5.54 Å². The van der Waals surface area contributed by atoms with Crippen LogP contribution in [0.5, 0.6) is 0 Å². The molecule has 0 aliphatic carbocycles. The van der Waals surface area contributed by atoms with Crippen LogP contribution in [0.3, 0.4) is 0 Å². The van der Waals surface area contributed by atoms with Gasteiger partial charge in [0, 0.05) is 30.7 Å². The molecule has 0 atom stereocenters. The smallest absolute Gasteiger partial charge is 0.0333 e. The molecule has 1 aliphatic heterocycles. The first-order valence-corrected chi connectivity index (χ1v) is 6.98. The molecule has 100 valence electrons. The molecule has 0 spiro atoms. The van der Waals surface area contributed by atoms with Crippen molar-refractivity contribution in [2.24, 2.45) is 0 Å². The van der Waals surface area contributed by atoms with Crippen molar-refractivity contribution in [3.63, 3.8) is 0 Å². The Kier molecular flexibility index (Phi) is 4.79. The van der Waals surface area contributed by atoms with Gasteiger partial charge in [-0.05, 0) is 40.5 Å². The van der Waals surface area contributed by atoms with Crippen molar-refractivity contribution in [3.8, 4) is 0 Å². The average Bonchev–Trinajstić information content (AvgIpc) is 2.26. The van der Waals surface area contributed by atoms with Crippen LogP contribution in [-0.2, 0) is 0 Å². The maximum atomic E-state index is 3.71. The number of piperazine rings is 1. The Morgan fingerprint density at radius 1 is 1.24 bits per heavy atom. The van der Waals surface area contributed by atoms with Crippen molar-refractivity contribution in [1.29, 1.82) is 0 Å². The van der Waals surface area contributed by atoms with Gasteiger partial charge in [0.05, 0.1) is 0 Å². The summed E-state index contributed by atoms with van der Waals surface area (Å²) in [5.41, 5.74) is 2.01. The van der Waals surface area contributed by atoms with E-state index in [1.54, 1.807) is 0 Å². The van der Waals surface area contributed by atoms with Gasteiger partial charge in [0.1, 0.15) is 0 Å². The topological polar surface area (TPSA) is 15.3 Å². The van der Waals surface area contributed by atoms with Crippen LogP contribution >= 0.6 is 0 Å². The SMILES string of the molecule is CCC1(CC)CNC(C)(C)CN1CC=C(C)C. The molecule has 17 heavy (non-hydrogen) atoms. The molecule has 0 bridgehead atoms. The van der Waals surface area contributed by atoms with Gasteiger partial charge in [-0.3, -0.25) is 4.90 Å². The maximum Gasteiger partial charge on any atom is 0.0333 e. The quantitative estimate of drug-likeness (QED) is 0.757. The Hall–Kier alpha value is -0.340. The molecular formula is C15H30N2. The normalized spacial score (nSPS) is 23.4. The lowest BCUT2D eigenvalue weighted by molar-refractivity contribution is 0.0185. The summed E-state index contributed by atoms with van der Waals surface area (Å²) in [7, 11) is 0. The van der Waals surface area contributed by atoms with E-state index in [0.717, 1.165) is 19.6 Å². The first-order chi connectivity index (χ1) is 7.85. The molecule has 1 fully saturated rings. The third-order valence-electron chi connectivity index (χ3n) is 4.19. The van der Waals surface area contributed by atoms with E-state index in [2.05, 4.69) is 57.8 Å². The van der Waals surface area contributed by atoms with Crippen molar-refractivity contribution in [2.75, 3.05) is 19.6 Å². The van der Waals surface area contributed by atoms with E-state index in [0.29, 0.717) is 5.54 Å². The van der Waals surface area contributed by atoms with Gasteiger partial charge >= 0.3 is 0 Å².